The largest absolute Gasteiger partial charge is 0.497 e. The molecule has 0 saturated heterocycles. The summed E-state index contributed by atoms with van der Waals surface area (Å²) < 4.78 is 10.6. The first-order valence-electron chi connectivity index (χ1n) is 10.5. The van der Waals surface area contributed by atoms with E-state index in [-0.39, 0.29) is 0 Å². The molecule has 0 amide bonds. The predicted molar refractivity (Wildman–Crippen MR) is 135 cm³/mol. The van der Waals surface area contributed by atoms with Gasteiger partial charge in [0.1, 0.15) is 23.1 Å². The topological polar surface area (TPSA) is 93.0 Å². The van der Waals surface area contributed by atoms with Crippen LogP contribution in [0.4, 0.5) is 11.6 Å². The highest BCUT2D eigenvalue weighted by molar-refractivity contribution is 6.29. The van der Waals surface area contributed by atoms with Crippen molar-refractivity contribution in [1.29, 1.82) is 0 Å². The minimum Gasteiger partial charge on any atom is -0.497 e. The minimum absolute atomic E-state index is 0.657. The van der Waals surface area contributed by atoms with Gasteiger partial charge in [0.2, 0.25) is 0 Å². The highest BCUT2D eigenvalue weighted by atomic mass is 16.5. The van der Waals surface area contributed by atoms with Crippen LogP contribution in [0.5, 0.6) is 11.5 Å². The number of anilines is 2. The maximum absolute atomic E-state index is 5.30. The molecule has 0 saturated carbocycles. The third kappa shape index (κ3) is 5.01. The average molecular weight is 443 g/mol. The number of nitrogens with zero attached hydrogens (tertiary/aromatic N) is 4. The second kappa shape index (κ2) is 9.52. The second-order valence-electron chi connectivity index (χ2n) is 7.65. The van der Waals surface area contributed by atoms with Crippen LogP contribution >= 0.6 is 0 Å². The number of benzene rings is 2. The summed E-state index contributed by atoms with van der Waals surface area (Å²) in [6.45, 7) is 5.91. The number of nitrogens with one attached hydrogen (secondary N) is 2. The van der Waals surface area contributed by atoms with Crippen LogP contribution in [0.15, 0.2) is 58.7 Å². The molecule has 0 bridgehead atoms. The Kier molecular flexibility index (Phi) is 6.35. The number of methoxy groups -OCH3 is 2. The van der Waals surface area contributed by atoms with Crippen molar-refractivity contribution in [3.63, 3.8) is 0 Å². The van der Waals surface area contributed by atoms with E-state index in [0.717, 1.165) is 44.4 Å². The number of fused-ring (bicyclic) bond motifs is 2. The molecule has 2 aromatic heterocycles. The highest BCUT2D eigenvalue weighted by Gasteiger charge is 2.05. The van der Waals surface area contributed by atoms with Crippen LogP contribution in [-0.4, -0.2) is 36.1 Å². The molecule has 0 aliphatic rings. The average Bonchev–Trinajstić information content (AvgIpc) is 2.82. The number of hydrogen-bond acceptors (Lipinski definition) is 8. The fraction of sp³-hybridized carbons (Fsp3) is 0.200. The van der Waals surface area contributed by atoms with E-state index in [1.54, 1.807) is 20.4 Å². The number of pyridine rings is 2. The molecule has 168 valence electrons. The monoisotopic (exact) mass is 442 g/mol. The summed E-state index contributed by atoms with van der Waals surface area (Å²) in [5.74, 6) is 2.93. The molecule has 0 unspecified atom stereocenters. The lowest BCUT2D eigenvalue weighted by atomic mass is 10.1. The van der Waals surface area contributed by atoms with Gasteiger partial charge in [-0.1, -0.05) is 0 Å². The Balaban J connectivity index is 1.44. The molecular weight excluding hydrogens is 416 g/mol. The number of hydrazone groups is 2. The molecule has 0 spiro atoms. The van der Waals surface area contributed by atoms with Gasteiger partial charge >= 0.3 is 0 Å². The first-order chi connectivity index (χ1) is 16.0. The normalized spacial score (nSPS) is 11.8. The van der Waals surface area contributed by atoms with Crippen molar-refractivity contribution in [2.24, 2.45) is 10.2 Å². The molecule has 0 atom stereocenters. The van der Waals surface area contributed by atoms with E-state index in [9.17, 15) is 0 Å². The fourth-order valence-corrected chi connectivity index (χ4v) is 3.48. The van der Waals surface area contributed by atoms with Crippen molar-refractivity contribution >= 4 is 45.4 Å². The van der Waals surface area contributed by atoms with E-state index in [2.05, 4.69) is 31.0 Å². The van der Waals surface area contributed by atoms with Crippen molar-refractivity contribution in [2.45, 2.75) is 20.8 Å². The van der Waals surface area contributed by atoms with Crippen molar-refractivity contribution in [2.75, 3.05) is 25.1 Å². The Morgan fingerprint density at radius 1 is 0.788 bits per heavy atom. The molecule has 33 heavy (non-hydrogen) atoms. The zero-order valence-electron chi connectivity index (χ0n) is 19.3. The van der Waals surface area contributed by atoms with Crippen LogP contribution in [0.2, 0.25) is 0 Å². The lowest BCUT2D eigenvalue weighted by Crippen LogP contribution is -2.03. The van der Waals surface area contributed by atoms with Crippen LogP contribution in [-0.2, 0) is 0 Å². The molecule has 2 N–H and O–H groups in total. The molecule has 2 aromatic carbocycles. The van der Waals surface area contributed by atoms with E-state index < -0.39 is 0 Å². The molecule has 4 aromatic rings. The maximum atomic E-state index is 5.30. The first-order valence-corrected chi connectivity index (χ1v) is 10.5. The van der Waals surface area contributed by atoms with E-state index >= 15 is 0 Å². The van der Waals surface area contributed by atoms with E-state index in [1.165, 1.54) is 0 Å². The second-order valence-corrected chi connectivity index (χ2v) is 7.65. The molecular formula is C25H26N6O2. The standard InChI is InChI=1S/C25H26N6O2/c1-15-10-24(27-22-8-6-18(32-4)12-20(15)22)30-26-14-17(3)29-31-25-11-16(2)21-13-19(33-5)7-9-23(21)28-25/h6-14H,1-5H3,(H,27,30)(H,28,31)/b26-14+,29-17+. The Morgan fingerprint density at radius 3 is 1.82 bits per heavy atom. The van der Waals surface area contributed by atoms with E-state index in [1.807, 2.05) is 69.3 Å². The van der Waals surface area contributed by atoms with Gasteiger partial charge in [0.25, 0.3) is 0 Å². The van der Waals surface area contributed by atoms with E-state index in [0.29, 0.717) is 17.3 Å². The molecule has 0 radical (unpaired) electrons. The molecule has 2 heterocycles. The fourth-order valence-electron chi connectivity index (χ4n) is 3.48. The predicted octanol–water partition coefficient (Wildman–Crippen LogP) is 5.30. The molecule has 4 rings (SSSR count). The number of rotatable bonds is 7. The zero-order valence-corrected chi connectivity index (χ0v) is 19.3. The summed E-state index contributed by atoms with van der Waals surface area (Å²) in [6.07, 6.45) is 1.63. The van der Waals surface area contributed by atoms with Gasteiger partial charge in [-0.3, -0.25) is 10.9 Å². The molecule has 0 aliphatic carbocycles. The Bertz CT molecular complexity index is 1380. The maximum Gasteiger partial charge on any atom is 0.147 e. The highest BCUT2D eigenvalue weighted by Crippen LogP contribution is 2.25. The summed E-state index contributed by atoms with van der Waals surface area (Å²) in [5.41, 5.74) is 10.6. The summed E-state index contributed by atoms with van der Waals surface area (Å²) in [7, 11) is 3.31. The van der Waals surface area contributed by atoms with Gasteiger partial charge in [0, 0.05) is 10.8 Å². The quantitative estimate of drug-likeness (QED) is 0.298. The van der Waals surface area contributed by atoms with Gasteiger partial charge in [0.15, 0.2) is 0 Å². The SMILES string of the molecule is COc1ccc2nc(N/N=C/C(C)=N/Nc3cc(C)c4cc(OC)ccc4n3)cc(C)c2c1. The van der Waals surface area contributed by atoms with Gasteiger partial charge in [0.05, 0.1) is 37.2 Å². The number of ether oxygens (including phenoxy) is 2. The summed E-state index contributed by atoms with van der Waals surface area (Å²) in [4.78, 5) is 9.21. The number of hydrogen-bond donors (Lipinski definition) is 2. The van der Waals surface area contributed by atoms with Crippen LogP contribution < -0.4 is 20.3 Å². The van der Waals surface area contributed by atoms with Gasteiger partial charge in [-0.15, -0.1) is 0 Å². The smallest absolute Gasteiger partial charge is 0.147 e. The molecule has 8 nitrogen and oxygen atoms in total. The minimum atomic E-state index is 0.657. The van der Waals surface area contributed by atoms with E-state index in [4.69, 9.17) is 9.47 Å². The Labute approximate surface area is 192 Å². The van der Waals surface area contributed by atoms with Crippen molar-refractivity contribution in [3.05, 3.63) is 59.7 Å². The lowest BCUT2D eigenvalue weighted by molar-refractivity contribution is 0.415. The van der Waals surface area contributed by atoms with Crippen molar-refractivity contribution in [3.8, 4) is 11.5 Å². The van der Waals surface area contributed by atoms with Gasteiger partial charge < -0.3 is 9.47 Å². The Morgan fingerprint density at radius 2 is 1.30 bits per heavy atom. The third-order valence-electron chi connectivity index (χ3n) is 5.22. The lowest BCUT2D eigenvalue weighted by Gasteiger charge is -2.08. The number of aryl methyl sites for hydroxylation is 2. The van der Waals surface area contributed by atoms with Crippen LogP contribution in [0.1, 0.15) is 18.1 Å². The van der Waals surface area contributed by atoms with Gasteiger partial charge in [-0.2, -0.15) is 10.2 Å². The van der Waals surface area contributed by atoms with Crippen molar-refractivity contribution in [1.82, 2.24) is 9.97 Å². The number of aromatic nitrogens is 2. The molecule has 8 heteroatoms. The Hall–Kier alpha value is -4.20. The van der Waals surface area contributed by atoms with Crippen LogP contribution in [0.25, 0.3) is 21.8 Å². The van der Waals surface area contributed by atoms with Crippen molar-refractivity contribution < 1.29 is 9.47 Å². The zero-order chi connectivity index (χ0) is 23.4. The van der Waals surface area contributed by atoms with Gasteiger partial charge in [-0.25, -0.2) is 9.97 Å². The van der Waals surface area contributed by atoms with Crippen LogP contribution in [0, 0.1) is 13.8 Å². The first kappa shape index (κ1) is 22.0. The molecule has 0 fully saturated rings. The summed E-state index contributed by atoms with van der Waals surface area (Å²) in [6, 6.07) is 15.5. The summed E-state index contributed by atoms with van der Waals surface area (Å²) >= 11 is 0. The van der Waals surface area contributed by atoms with Gasteiger partial charge in [-0.05, 0) is 80.4 Å². The van der Waals surface area contributed by atoms with Crippen LogP contribution in [0.3, 0.4) is 0 Å². The summed E-state index contributed by atoms with van der Waals surface area (Å²) in [5, 5.41) is 10.7. The molecule has 0 aliphatic heterocycles. The third-order valence-corrected chi connectivity index (χ3v) is 5.22.